The lowest BCUT2D eigenvalue weighted by Crippen LogP contribution is -2.40. The number of thiazole rings is 2. The van der Waals surface area contributed by atoms with Crippen LogP contribution in [0.25, 0.3) is 11.4 Å². The molecule has 0 saturated heterocycles. The number of rotatable bonds is 2. The number of nitrogens with two attached hydrogens (primary N) is 1. The smallest absolute Gasteiger partial charge is 0.113 e. The Morgan fingerprint density at radius 3 is 2.55 bits per heavy atom. The Morgan fingerprint density at radius 1 is 1.25 bits per heavy atom. The van der Waals surface area contributed by atoms with Crippen molar-refractivity contribution in [1.29, 1.82) is 0 Å². The highest BCUT2D eigenvalue weighted by Gasteiger charge is 2.34. The van der Waals surface area contributed by atoms with Crippen LogP contribution in [0.2, 0.25) is 0 Å². The summed E-state index contributed by atoms with van der Waals surface area (Å²) >= 11 is 3.43. The summed E-state index contributed by atoms with van der Waals surface area (Å²) in [4.78, 5) is 10.6. The average Bonchev–Trinajstić information content (AvgIpc) is 3.00. The molecule has 2 N–H and O–H groups in total. The second-order valence-electron chi connectivity index (χ2n) is 6.01. The van der Waals surface area contributed by atoms with Crippen LogP contribution in [-0.2, 0) is 5.54 Å². The van der Waals surface area contributed by atoms with Gasteiger partial charge in [-0.05, 0) is 45.4 Å². The van der Waals surface area contributed by atoms with Gasteiger partial charge in [0.25, 0.3) is 0 Å². The molecule has 3 rings (SSSR count). The Kier molecular flexibility index (Phi) is 3.69. The zero-order valence-corrected chi connectivity index (χ0v) is 13.9. The minimum Gasteiger partial charge on any atom is -0.319 e. The van der Waals surface area contributed by atoms with Crippen molar-refractivity contribution >= 4 is 22.7 Å². The van der Waals surface area contributed by atoms with Gasteiger partial charge in [-0.3, -0.25) is 0 Å². The maximum absolute atomic E-state index is 6.61. The Morgan fingerprint density at radius 2 is 1.95 bits per heavy atom. The van der Waals surface area contributed by atoms with E-state index in [0.29, 0.717) is 0 Å². The van der Waals surface area contributed by atoms with Crippen LogP contribution >= 0.6 is 22.7 Å². The van der Waals surface area contributed by atoms with Crippen LogP contribution in [0.4, 0.5) is 0 Å². The molecule has 108 valence electrons. The SMILES string of the molecule is Cc1nc(-c2csc(C3(N)CCC(C)CC3)n2)c(C)s1. The summed E-state index contributed by atoms with van der Waals surface area (Å²) in [5.41, 5.74) is 8.42. The molecular weight excluding hydrogens is 286 g/mol. The maximum Gasteiger partial charge on any atom is 0.113 e. The second-order valence-corrected chi connectivity index (χ2v) is 8.28. The first-order chi connectivity index (χ1) is 9.48. The van der Waals surface area contributed by atoms with E-state index < -0.39 is 0 Å². The Hall–Kier alpha value is -0.780. The van der Waals surface area contributed by atoms with E-state index in [0.717, 1.165) is 40.2 Å². The normalized spacial score (nSPS) is 26.9. The molecule has 0 unspecified atom stereocenters. The van der Waals surface area contributed by atoms with E-state index in [1.807, 2.05) is 6.92 Å². The molecule has 1 aliphatic rings. The summed E-state index contributed by atoms with van der Waals surface area (Å²) in [6, 6.07) is 0. The number of hydrogen-bond acceptors (Lipinski definition) is 5. The van der Waals surface area contributed by atoms with E-state index >= 15 is 0 Å². The van der Waals surface area contributed by atoms with Crippen LogP contribution in [0.15, 0.2) is 5.38 Å². The van der Waals surface area contributed by atoms with Gasteiger partial charge >= 0.3 is 0 Å². The summed E-state index contributed by atoms with van der Waals surface area (Å²) in [6.45, 7) is 6.47. The highest BCUT2D eigenvalue weighted by Crippen LogP contribution is 2.40. The van der Waals surface area contributed by atoms with Crippen LogP contribution in [0, 0.1) is 19.8 Å². The van der Waals surface area contributed by atoms with Gasteiger partial charge in [-0.2, -0.15) is 0 Å². The number of aryl methyl sites for hydroxylation is 2. The molecule has 5 heteroatoms. The molecule has 1 saturated carbocycles. The first-order valence-corrected chi connectivity index (χ1v) is 8.87. The van der Waals surface area contributed by atoms with E-state index in [1.165, 1.54) is 17.7 Å². The van der Waals surface area contributed by atoms with Crippen molar-refractivity contribution in [2.75, 3.05) is 0 Å². The molecule has 3 nitrogen and oxygen atoms in total. The van der Waals surface area contributed by atoms with Crippen LogP contribution in [0.3, 0.4) is 0 Å². The fourth-order valence-corrected chi connectivity index (χ4v) is 4.67. The van der Waals surface area contributed by atoms with Gasteiger partial charge in [0.1, 0.15) is 16.4 Å². The van der Waals surface area contributed by atoms with Crippen molar-refractivity contribution in [3.63, 3.8) is 0 Å². The lowest BCUT2D eigenvalue weighted by Gasteiger charge is -2.34. The standard InChI is InChI=1S/C15H21N3S2/c1-9-4-6-15(16,7-5-9)14-18-12(8-19-14)13-10(2)20-11(3)17-13/h8-9H,4-7,16H2,1-3H3. The van der Waals surface area contributed by atoms with E-state index in [2.05, 4.69) is 24.2 Å². The third-order valence-corrected chi connectivity index (χ3v) is 6.19. The third-order valence-electron chi connectivity index (χ3n) is 4.24. The van der Waals surface area contributed by atoms with Crippen molar-refractivity contribution in [2.45, 2.75) is 52.0 Å². The summed E-state index contributed by atoms with van der Waals surface area (Å²) in [7, 11) is 0. The van der Waals surface area contributed by atoms with E-state index in [1.54, 1.807) is 22.7 Å². The molecule has 1 fully saturated rings. The van der Waals surface area contributed by atoms with Crippen LogP contribution in [0.1, 0.15) is 47.5 Å². The summed E-state index contributed by atoms with van der Waals surface area (Å²) in [5, 5.41) is 4.30. The van der Waals surface area contributed by atoms with Gasteiger partial charge in [0.2, 0.25) is 0 Å². The first-order valence-electron chi connectivity index (χ1n) is 7.17. The topological polar surface area (TPSA) is 51.8 Å². The predicted octanol–water partition coefficient (Wildman–Crippen LogP) is 4.25. The molecular formula is C15H21N3S2. The van der Waals surface area contributed by atoms with Crippen LogP contribution < -0.4 is 5.73 Å². The van der Waals surface area contributed by atoms with Gasteiger partial charge in [-0.15, -0.1) is 22.7 Å². The molecule has 0 amide bonds. The van der Waals surface area contributed by atoms with Gasteiger partial charge in [0, 0.05) is 10.3 Å². The molecule has 0 aromatic carbocycles. The van der Waals surface area contributed by atoms with Gasteiger partial charge in [-0.25, -0.2) is 9.97 Å². The van der Waals surface area contributed by atoms with Gasteiger partial charge < -0.3 is 5.73 Å². The van der Waals surface area contributed by atoms with Crippen molar-refractivity contribution in [1.82, 2.24) is 9.97 Å². The monoisotopic (exact) mass is 307 g/mol. The second kappa shape index (κ2) is 5.20. The molecule has 0 aliphatic heterocycles. The van der Waals surface area contributed by atoms with E-state index in [4.69, 9.17) is 10.7 Å². The molecule has 1 aliphatic carbocycles. The van der Waals surface area contributed by atoms with Gasteiger partial charge in [0.15, 0.2) is 0 Å². The quantitative estimate of drug-likeness (QED) is 0.902. The molecule has 0 atom stereocenters. The highest BCUT2D eigenvalue weighted by molar-refractivity contribution is 7.12. The lowest BCUT2D eigenvalue weighted by atomic mass is 9.78. The van der Waals surface area contributed by atoms with Crippen LogP contribution in [0.5, 0.6) is 0 Å². The van der Waals surface area contributed by atoms with Crippen molar-refractivity contribution < 1.29 is 0 Å². The maximum atomic E-state index is 6.61. The molecule has 2 aromatic rings. The predicted molar refractivity (Wildman–Crippen MR) is 86.2 cm³/mol. The first kappa shape index (κ1) is 14.2. The third kappa shape index (κ3) is 2.54. The molecule has 0 bridgehead atoms. The Balaban J connectivity index is 1.89. The average molecular weight is 307 g/mol. The summed E-state index contributed by atoms with van der Waals surface area (Å²) in [6.07, 6.45) is 4.52. The van der Waals surface area contributed by atoms with Gasteiger partial charge in [-0.1, -0.05) is 6.92 Å². The summed E-state index contributed by atoms with van der Waals surface area (Å²) < 4.78 is 0. The summed E-state index contributed by atoms with van der Waals surface area (Å²) in [5.74, 6) is 0.801. The number of nitrogens with zero attached hydrogens (tertiary/aromatic N) is 2. The highest BCUT2D eigenvalue weighted by atomic mass is 32.1. The Labute approximate surface area is 128 Å². The van der Waals surface area contributed by atoms with E-state index in [9.17, 15) is 0 Å². The number of hydrogen-bond donors (Lipinski definition) is 1. The lowest BCUT2D eigenvalue weighted by molar-refractivity contribution is 0.247. The minimum absolute atomic E-state index is 0.214. The molecule has 0 spiro atoms. The molecule has 20 heavy (non-hydrogen) atoms. The fourth-order valence-electron chi connectivity index (χ4n) is 2.87. The molecule has 0 radical (unpaired) electrons. The zero-order valence-electron chi connectivity index (χ0n) is 12.3. The molecule has 2 aromatic heterocycles. The molecule has 2 heterocycles. The van der Waals surface area contributed by atoms with Crippen molar-refractivity contribution in [3.8, 4) is 11.4 Å². The van der Waals surface area contributed by atoms with Crippen molar-refractivity contribution in [2.24, 2.45) is 11.7 Å². The van der Waals surface area contributed by atoms with Crippen LogP contribution in [-0.4, -0.2) is 9.97 Å². The van der Waals surface area contributed by atoms with E-state index in [-0.39, 0.29) is 5.54 Å². The Bertz CT molecular complexity index is 606. The van der Waals surface area contributed by atoms with Crippen molar-refractivity contribution in [3.05, 3.63) is 20.3 Å². The minimum atomic E-state index is -0.214. The zero-order chi connectivity index (χ0) is 14.3. The largest absolute Gasteiger partial charge is 0.319 e. The number of aromatic nitrogens is 2. The fraction of sp³-hybridized carbons (Fsp3) is 0.600. The van der Waals surface area contributed by atoms with Gasteiger partial charge in [0.05, 0.1) is 10.5 Å².